The molecule has 0 fully saturated rings. The van der Waals surface area contributed by atoms with Crippen molar-refractivity contribution in [2.24, 2.45) is 4.99 Å². The Morgan fingerprint density at radius 2 is 2.04 bits per heavy atom. The van der Waals surface area contributed by atoms with Crippen LogP contribution < -0.4 is 10.6 Å². The van der Waals surface area contributed by atoms with E-state index in [0.717, 1.165) is 50.7 Å². The van der Waals surface area contributed by atoms with Crippen LogP contribution in [0.1, 0.15) is 32.3 Å². The molecule has 25 heavy (non-hydrogen) atoms. The fourth-order valence-corrected chi connectivity index (χ4v) is 2.60. The molecule has 5 nitrogen and oxygen atoms in total. The van der Waals surface area contributed by atoms with Gasteiger partial charge in [0.15, 0.2) is 5.96 Å². The molecule has 1 aromatic rings. The second kappa shape index (κ2) is 11.5. The average molecular weight is 459 g/mol. The minimum absolute atomic E-state index is 0. The monoisotopic (exact) mass is 459 g/mol. The highest BCUT2D eigenvalue weighted by Gasteiger charge is 2.22. The number of hydrogen-bond acceptors (Lipinski definition) is 3. The standard InChI is InChI=1S/C19H29N3O2.HI/c1-3-20-18(21-12-9-16-10-13-24-14-11-16)22-15-19(2,23)17-7-5-4-6-8-17;/h4-8,10,23H,3,9,11-15H2,1-2H3,(H2,20,21,22);1H. The van der Waals surface area contributed by atoms with E-state index in [-0.39, 0.29) is 24.0 Å². The van der Waals surface area contributed by atoms with Crippen LogP contribution in [0.3, 0.4) is 0 Å². The van der Waals surface area contributed by atoms with Crippen LogP contribution in [0.4, 0.5) is 0 Å². The highest BCUT2D eigenvalue weighted by molar-refractivity contribution is 14.0. The molecule has 2 rings (SSSR count). The summed E-state index contributed by atoms with van der Waals surface area (Å²) in [5.74, 6) is 0.737. The predicted octanol–water partition coefficient (Wildman–Crippen LogP) is 2.80. The summed E-state index contributed by atoms with van der Waals surface area (Å²) in [6.07, 6.45) is 4.16. The molecule has 1 aromatic carbocycles. The molecule has 1 unspecified atom stereocenters. The van der Waals surface area contributed by atoms with Crippen LogP contribution in [0, 0.1) is 0 Å². The van der Waals surface area contributed by atoms with E-state index in [4.69, 9.17) is 4.74 Å². The molecule has 1 atom stereocenters. The number of aliphatic imine (C=N–C) groups is 1. The molecule has 0 amide bonds. The van der Waals surface area contributed by atoms with Crippen LogP contribution in [0.5, 0.6) is 0 Å². The Morgan fingerprint density at radius 1 is 1.28 bits per heavy atom. The Balaban J connectivity index is 0.00000312. The predicted molar refractivity (Wildman–Crippen MR) is 114 cm³/mol. The molecule has 0 aromatic heterocycles. The Labute approximate surface area is 168 Å². The summed E-state index contributed by atoms with van der Waals surface area (Å²) in [6.45, 7) is 7.29. The topological polar surface area (TPSA) is 65.9 Å². The maximum Gasteiger partial charge on any atom is 0.191 e. The second-order valence-electron chi connectivity index (χ2n) is 6.20. The van der Waals surface area contributed by atoms with Gasteiger partial charge in [0, 0.05) is 13.1 Å². The zero-order valence-corrected chi connectivity index (χ0v) is 17.5. The van der Waals surface area contributed by atoms with Gasteiger partial charge in [0.25, 0.3) is 0 Å². The SMILES string of the molecule is CCNC(=NCC(C)(O)c1ccccc1)NCCC1=CCOCC1.I. The van der Waals surface area contributed by atoms with Crippen molar-refractivity contribution in [2.45, 2.75) is 32.3 Å². The molecule has 1 aliphatic heterocycles. The van der Waals surface area contributed by atoms with Gasteiger partial charge in [-0.3, -0.25) is 0 Å². The van der Waals surface area contributed by atoms with E-state index in [1.807, 2.05) is 37.3 Å². The lowest BCUT2D eigenvalue weighted by Gasteiger charge is -2.22. The van der Waals surface area contributed by atoms with E-state index < -0.39 is 5.60 Å². The van der Waals surface area contributed by atoms with Gasteiger partial charge in [-0.05, 0) is 32.3 Å². The van der Waals surface area contributed by atoms with E-state index >= 15 is 0 Å². The first-order valence-electron chi connectivity index (χ1n) is 8.67. The number of rotatable bonds is 7. The first kappa shape index (κ1) is 21.9. The molecule has 3 N–H and O–H groups in total. The van der Waals surface area contributed by atoms with Crippen LogP contribution in [0.15, 0.2) is 47.0 Å². The van der Waals surface area contributed by atoms with Crippen LogP contribution >= 0.6 is 24.0 Å². The Morgan fingerprint density at radius 3 is 2.68 bits per heavy atom. The molecule has 1 aliphatic rings. The number of guanidine groups is 1. The number of benzene rings is 1. The van der Waals surface area contributed by atoms with Gasteiger partial charge in [-0.25, -0.2) is 4.99 Å². The van der Waals surface area contributed by atoms with E-state index in [9.17, 15) is 5.11 Å². The van der Waals surface area contributed by atoms with Gasteiger partial charge < -0.3 is 20.5 Å². The third-order valence-electron chi connectivity index (χ3n) is 4.08. The van der Waals surface area contributed by atoms with Gasteiger partial charge >= 0.3 is 0 Å². The van der Waals surface area contributed by atoms with E-state index in [2.05, 4.69) is 21.7 Å². The molecule has 0 saturated heterocycles. The van der Waals surface area contributed by atoms with Gasteiger partial charge in [-0.15, -0.1) is 24.0 Å². The van der Waals surface area contributed by atoms with Crippen LogP contribution in [0.25, 0.3) is 0 Å². The summed E-state index contributed by atoms with van der Waals surface area (Å²) in [6, 6.07) is 9.65. The molecular weight excluding hydrogens is 429 g/mol. The number of nitrogens with zero attached hydrogens (tertiary/aromatic N) is 1. The maximum absolute atomic E-state index is 10.6. The van der Waals surface area contributed by atoms with Gasteiger partial charge in [-0.1, -0.05) is 42.0 Å². The summed E-state index contributed by atoms with van der Waals surface area (Å²) in [5, 5.41) is 17.2. The highest BCUT2D eigenvalue weighted by Crippen LogP contribution is 2.20. The van der Waals surface area contributed by atoms with E-state index in [1.54, 1.807) is 6.92 Å². The lowest BCUT2D eigenvalue weighted by molar-refractivity contribution is 0.0672. The van der Waals surface area contributed by atoms with Crippen molar-refractivity contribution in [3.8, 4) is 0 Å². The van der Waals surface area contributed by atoms with Gasteiger partial charge in [-0.2, -0.15) is 0 Å². The lowest BCUT2D eigenvalue weighted by atomic mass is 9.96. The molecule has 0 saturated carbocycles. The largest absolute Gasteiger partial charge is 0.384 e. The molecule has 0 spiro atoms. The Bertz CT molecular complexity index is 559. The number of hydrogen-bond donors (Lipinski definition) is 3. The van der Waals surface area contributed by atoms with Crippen molar-refractivity contribution in [1.29, 1.82) is 0 Å². The third kappa shape index (κ3) is 7.75. The minimum atomic E-state index is -0.979. The summed E-state index contributed by atoms with van der Waals surface area (Å²) < 4.78 is 5.32. The average Bonchev–Trinajstić information content (AvgIpc) is 2.61. The second-order valence-corrected chi connectivity index (χ2v) is 6.20. The minimum Gasteiger partial charge on any atom is -0.384 e. The number of nitrogens with one attached hydrogen (secondary N) is 2. The first-order chi connectivity index (χ1) is 11.6. The van der Waals surface area contributed by atoms with Crippen LogP contribution in [0.2, 0.25) is 0 Å². The zero-order valence-electron chi connectivity index (χ0n) is 15.1. The van der Waals surface area contributed by atoms with Gasteiger partial charge in [0.05, 0.1) is 19.8 Å². The molecule has 0 aliphatic carbocycles. The fraction of sp³-hybridized carbons (Fsp3) is 0.526. The lowest BCUT2D eigenvalue weighted by Crippen LogP contribution is -2.39. The van der Waals surface area contributed by atoms with Crippen LogP contribution in [-0.2, 0) is 10.3 Å². The van der Waals surface area contributed by atoms with Gasteiger partial charge in [0.1, 0.15) is 5.60 Å². The number of aliphatic hydroxyl groups is 1. The number of halogens is 1. The Kier molecular flexibility index (Phi) is 10.1. The van der Waals surface area contributed by atoms with Crippen molar-refractivity contribution in [2.75, 3.05) is 32.8 Å². The molecule has 6 heteroatoms. The molecule has 0 bridgehead atoms. The summed E-state index contributed by atoms with van der Waals surface area (Å²) in [7, 11) is 0. The molecule has 0 radical (unpaired) electrons. The third-order valence-corrected chi connectivity index (χ3v) is 4.08. The van der Waals surface area contributed by atoms with E-state index in [0.29, 0.717) is 6.54 Å². The van der Waals surface area contributed by atoms with Crippen molar-refractivity contribution >= 4 is 29.9 Å². The normalized spacial score (nSPS) is 17.1. The smallest absolute Gasteiger partial charge is 0.191 e. The van der Waals surface area contributed by atoms with Crippen molar-refractivity contribution < 1.29 is 9.84 Å². The van der Waals surface area contributed by atoms with Crippen LogP contribution in [-0.4, -0.2) is 43.9 Å². The zero-order chi connectivity index (χ0) is 17.3. The van der Waals surface area contributed by atoms with E-state index in [1.165, 1.54) is 5.57 Å². The maximum atomic E-state index is 10.6. The first-order valence-corrected chi connectivity index (χ1v) is 8.67. The van der Waals surface area contributed by atoms with Crippen molar-refractivity contribution in [1.82, 2.24) is 10.6 Å². The summed E-state index contributed by atoms with van der Waals surface area (Å²) in [4.78, 5) is 4.54. The quantitative estimate of drug-likeness (QED) is 0.254. The van der Waals surface area contributed by atoms with Crippen molar-refractivity contribution in [3.05, 3.63) is 47.5 Å². The number of ether oxygens (including phenoxy) is 1. The molecule has 1 heterocycles. The van der Waals surface area contributed by atoms with Crippen molar-refractivity contribution in [3.63, 3.8) is 0 Å². The van der Waals surface area contributed by atoms with Gasteiger partial charge in [0.2, 0.25) is 0 Å². The molecule has 140 valence electrons. The fourth-order valence-electron chi connectivity index (χ4n) is 2.60. The summed E-state index contributed by atoms with van der Waals surface area (Å²) >= 11 is 0. The highest BCUT2D eigenvalue weighted by atomic mass is 127. The molecular formula is C19H30IN3O2. The summed E-state index contributed by atoms with van der Waals surface area (Å²) in [5.41, 5.74) is 1.32. The Hall–Kier alpha value is -1.12.